The van der Waals surface area contributed by atoms with Crippen molar-refractivity contribution >= 4 is 17.0 Å². The fraction of sp³-hybridized carbons (Fsp3) is 0.320. The summed E-state index contributed by atoms with van der Waals surface area (Å²) in [5.74, 6) is 1.07. The van der Waals surface area contributed by atoms with Crippen LogP contribution >= 0.6 is 0 Å². The Balaban J connectivity index is 1.35. The highest BCUT2D eigenvalue weighted by atomic mass is 16.6. The molecule has 2 aliphatic rings. The molecule has 1 aliphatic heterocycles. The predicted octanol–water partition coefficient (Wildman–Crippen LogP) is 1.12. The van der Waals surface area contributed by atoms with Crippen molar-refractivity contribution in [3.63, 3.8) is 0 Å². The van der Waals surface area contributed by atoms with Gasteiger partial charge in [-0.25, -0.2) is 15.0 Å². The van der Waals surface area contributed by atoms with E-state index in [1.807, 2.05) is 0 Å². The van der Waals surface area contributed by atoms with Crippen LogP contribution in [0.4, 0.5) is 5.82 Å². The lowest BCUT2D eigenvalue weighted by Gasteiger charge is -2.18. The Kier molecular flexibility index (Phi) is 5.47. The quantitative estimate of drug-likeness (QED) is 0.277. The molecule has 1 aliphatic carbocycles. The van der Waals surface area contributed by atoms with Crippen LogP contribution in [0.3, 0.4) is 0 Å². The minimum Gasteiger partial charge on any atom is -0.394 e. The molecule has 4 aromatic rings. The Labute approximate surface area is 201 Å². The molecule has 180 valence electrons. The van der Waals surface area contributed by atoms with Crippen molar-refractivity contribution in [1.82, 2.24) is 19.5 Å². The second kappa shape index (κ2) is 8.67. The number of benzene rings is 2. The van der Waals surface area contributed by atoms with Crippen LogP contribution in [0.15, 0.2) is 54.9 Å². The van der Waals surface area contributed by atoms with Gasteiger partial charge in [-0.15, -0.1) is 0 Å². The molecule has 0 saturated carbocycles. The van der Waals surface area contributed by atoms with Crippen LogP contribution in [0.5, 0.6) is 0 Å². The monoisotopic (exact) mass is 474 g/mol. The van der Waals surface area contributed by atoms with Gasteiger partial charge in [0.1, 0.15) is 24.1 Å². The zero-order valence-electron chi connectivity index (χ0n) is 18.8. The van der Waals surface area contributed by atoms with Crippen molar-refractivity contribution in [2.24, 2.45) is 5.73 Å². The van der Waals surface area contributed by atoms with Gasteiger partial charge in [-0.2, -0.15) is 0 Å². The van der Waals surface area contributed by atoms with E-state index < -0.39 is 31.1 Å². The average Bonchev–Trinajstić information content (AvgIpc) is 3.55. The minimum absolute atomic E-state index is 0.112. The standard InChI is InChI=1S/C25H26N6O4/c26-9-19-29-23(20-24(30-19)31(12-28-20)25-22(34)21(33)18(11-32)35-25)27-10-17-15-7-3-1-5-13(15)14-6-2-4-8-16(14)17/h1-8,12,17-18,21-22,25,32-34H,9-11,26H2,(H,27,29,30)/t18-,21-,22-,25-/m1/s1. The Hall–Kier alpha value is -3.41. The summed E-state index contributed by atoms with van der Waals surface area (Å²) < 4.78 is 7.23. The van der Waals surface area contributed by atoms with E-state index in [2.05, 4.69) is 68.8 Å². The van der Waals surface area contributed by atoms with Gasteiger partial charge in [0.15, 0.2) is 23.2 Å². The number of aromatic nitrogens is 4. The summed E-state index contributed by atoms with van der Waals surface area (Å²) in [6.07, 6.45) is -2.83. The van der Waals surface area contributed by atoms with Crippen molar-refractivity contribution in [2.45, 2.75) is 37.0 Å². The average molecular weight is 475 g/mol. The van der Waals surface area contributed by atoms with Crippen molar-refractivity contribution in [3.8, 4) is 11.1 Å². The molecule has 0 radical (unpaired) electrons. The fourth-order valence-electron chi connectivity index (χ4n) is 5.15. The number of nitrogens with zero attached hydrogens (tertiary/aromatic N) is 4. The van der Waals surface area contributed by atoms with Crippen molar-refractivity contribution in [2.75, 3.05) is 18.5 Å². The minimum atomic E-state index is -1.25. The van der Waals surface area contributed by atoms with Crippen molar-refractivity contribution in [1.29, 1.82) is 0 Å². The molecule has 3 heterocycles. The molecule has 0 bridgehead atoms. The first-order valence-electron chi connectivity index (χ1n) is 11.6. The molecule has 1 saturated heterocycles. The second-order valence-electron chi connectivity index (χ2n) is 8.85. The smallest absolute Gasteiger partial charge is 0.168 e. The van der Waals surface area contributed by atoms with Gasteiger partial charge in [0.25, 0.3) is 0 Å². The van der Waals surface area contributed by atoms with E-state index in [4.69, 9.17) is 10.5 Å². The number of hydrogen-bond donors (Lipinski definition) is 5. The lowest BCUT2D eigenvalue weighted by Crippen LogP contribution is -2.33. The first kappa shape index (κ1) is 22.1. The van der Waals surface area contributed by atoms with E-state index in [-0.39, 0.29) is 12.5 Å². The van der Waals surface area contributed by atoms with E-state index in [0.29, 0.717) is 29.4 Å². The number of aliphatic hydroxyl groups excluding tert-OH is 3. The van der Waals surface area contributed by atoms with Gasteiger partial charge in [0.05, 0.1) is 19.5 Å². The lowest BCUT2D eigenvalue weighted by molar-refractivity contribution is -0.0511. The zero-order chi connectivity index (χ0) is 24.1. The van der Waals surface area contributed by atoms with Crippen LogP contribution in [0, 0.1) is 0 Å². The van der Waals surface area contributed by atoms with Gasteiger partial charge in [0, 0.05) is 12.5 Å². The largest absolute Gasteiger partial charge is 0.394 e. The molecule has 0 spiro atoms. The normalized spacial score (nSPS) is 23.5. The maximum Gasteiger partial charge on any atom is 0.168 e. The number of imidazole rings is 1. The Morgan fingerprint density at radius 2 is 1.66 bits per heavy atom. The highest BCUT2D eigenvalue weighted by Crippen LogP contribution is 2.44. The third-order valence-electron chi connectivity index (χ3n) is 6.88. The summed E-state index contributed by atoms with van der Waals surface area (Å²) in [7, 11) is 0. The number of rotatable bonds is 6. The maximum absolute atomic E-state index is 10.5. The van der Waals surface area contributed by atoms with Gasteiger partial charge < -0.3 is 31.1 Å². The number of hydrogen-bond acceptors (Lipinski definition) is 9. The number of aliphatic hydroxyl groups is 3. The molecular formula is C25H26N6O4. The summed E-state index contributed by atoms with van der Waals surface area (Å²) in [4.78, 5) is 13.6. The van der Waals surface area contributed by atoms with Crippen molar-refractivity contribution in [3.05, 3.63) is 71.8 Å². The van der Waals surface area contributed by atoms with Crippen LogP contribution in [-0.4, -0.2) is 66.3 Å². The summed E-state index contributed by atoms with van der Waals surface area (Å²) in [5.41, 5.74) is 11.8. The number of nitrogens with one attached hydrogen (secondary N) is 1. The Morgan fingerprint density at radius 3 is 2.29 bits per heavy atom. The second-order valence-corrected chi connectivity index (χ2v) is 8.85. The fourth-order valence-corrected chi connectivity index (χ4v) is 5.15. The molecule has 2 aromatic carbocycles. The number of ether oxygens (including phenoxy) is 1. The molecule has 0 unspecified atom stereocenters. The van der Waals surface area contributed by atoms with Crippen LogP contribution in [0.2, 0.25) is 0 Å². The van der Waals surface area contributed by atoms with Crippen LogP contribution in [0.1, 0.15) is 29.1 Å². The highest BCUT2D eigenvalue weighted by Gasteiger charge is 2.44. The molecular weight excluding hydrogens is 448 g/mol. The summed E-state index contributed by atoms with van der Waals surface area (Å²) in [5, 5.41) is 33.6. The molecule has 6 rings (SSSR count). The first-order valence-corrected chi connectivity index (χ1v) is 11.6. The molecule has 0 amide bonds. The Bertz CT molecular complexity index is 1350. The third kappa shape index (κ3) is 3.49. The maximum atomic E-state index is 10.5. The summed E-state index contributed by atoms with van der Waals surface area (Å²) >= 11 is 0. The SMILES string of the molecule is NCc1nc(NCC2c3ccccc3-c3ccccc32)c2ncn([C@@H]3O[C@H](CO)[C@@H](O)[C@H]3O)c2n1. The number of nitrogens with two attached hydrogens (primary N) is 1. The van der Waals surface area contributed by atoms with E-state index in [0.717, 1.165) is 0 Å². The predicted molar refractivity (Wildman–Crippen MR) is 128 cm³/mol. The van der Waals surface area contributed by atoms with Gasteiger partial charge in [-0.05, 0) is 22.3 Å². The summed E-state index contributed by atoms with van der Waals surface area (Å²) in [6, 6.07) is 16.8. The van der Waals surface area contributed by atoms with Crippen molar-refractivity contribution < 1.29 is 20.1 Å². The van der Waals surface area contributed by atoms with E-state index >= 15 is 0 Å². The van der Waals surface area contributed by atoms with E-state index in [1.165, 1.54) is 28.6 Å². The Morgan fingerprint density at radius 1 is 0.971 bits per heavy atom. The molecule has 35 heavy (non-hydrogen) atoms. The molecule has 6 N–H and O–H groups in total. The summed E-state index contributed by atoms with van der Waals surface area (Å²) in [6.45, 7) is 0.285. The lowest BCUT2D eigenvalue weighted by atomic mass is 9.97. The molecule has 2 aromatic heterocycles. The van der Waals surface area contributed by atoms with Crippen LogP contribution in [0.25, 0.3) is 22.3 Å². The van der Waals surface area contributed by atoms with Gasteiger partial charge in [-0.1, -0.05) is 48.5 Å². The van der Waals surface area contributed by atoms with Gasteiger partial charge in [-0.3, -0.25) is 4.57 Å². The first-order chi connectivity index (χ1) is 17.1. The molecule has 4 atom stereocenters. The van der Waals surface area contributed by atoms with E-state index in [9.17, 15) is 15.3 Å². The molecule has 10 heteroatoms. The molecule has 1 fully saturated rings. The van der Waals surface area contributed by atoms with Crippen LogP contribution in [-0.2, 0) is 11.3 Å². The third-order valence-corrected chi connectivity index (χ3v) is 6.88. The van der Waals surface area contributed by atoms with Gasteiger partial charge in [0.2, 0.25) is 0 Å². The highest BCUT2D eigenvalue weighted by molar-refractivity contribution is 5.84. The molecule has 10 nitrogen and oxygen atoms in total. The van der Waals surface area contributed by atoms with Crippen LogP contribution < -0.4 is 11.1 Å². The number of fused-ring (bicyclic) bond motifs is 4. The topological polar surface area (TPSA) is 152 Å². The van der Waals surface area contributed by atoms with Gasteiger partial charge >= 0.3 is 0 Å². The van der Waals surface area contributed by atoms with E-state index in [1.54, 1.807) is 4.57 Å². The zero-order valence-corrected chi connectivity index (χ0v) is 18.8. The number of anilines is 1.